The highest BCUT2D eigenvalue weighted by atomic mass is 32.2. The summed E-state index contributed by atoms with van der Waals surface area (Å²) in [5.41, 5.74) is 2.42. The van der Waals surface area contributed by atoms with Gasteiger partial charge in [-0.3, -0.25) is 0 Å². The van der Waals surface area contributed by atoms with Crippen LogP contribution >= 0.6 is 0 Å². The van der Waals surface area contributed by atoms with Crippen LogP contribution in [0.4, 0.5) is 5.82 Å². The lowest BCUT2D eigenvalue weighted by molar-refractivity contribution is 0.582. The predicted molar refractivity (Wildman–Crippen MR) is 111 cm³/mol. The second-order valence-corrected chi connectivity index (χ2v) is 8.84. The van der Waals surface area contributed by atoms with Crippen molar-refractivity contribution >= 4 is 15.8 Å². The first kappa shape index (κ1) is 19.5. The molecule has 4 rings (SSSR count). The van der Waals surface area contributed by atoms with E-state index in [-0.39, 0.29) is 6.54 Å². The van der Waals surface area contributed by atoms with Crippen LogP contribution in [0, 0.1) is 6.92 Å². The van der Waals surface area contributed by atoms with Gasteiger partial charge in [0.1, 0.15) is 11.6 Å². The molecule has 1 aliphatic carbocycles. The lowest BCUT2D eigenvalue weighted by Crippen LogP contribution is -2.29. The highest BCUT2D eigenvalue weighted by molar-refractivity contribution is 7.89. The molecule has 0 saturated heterocycles. The number of sulfonamides is 1. The zero-order valence-corrected chi connectivity index (χ0v) is 17.1. The third-order valence-electron chi connectivity index (χ3n) is 4.92. The van der Waals surface area contributed by atoms with Crippen molar-refractivity contribution in [2.75, 3.05) is 18.4 Å². The fraction of sp³-hybridized carbons (Fsp3) is 0.350. The number of hydrogen-bond acceptors (Lipinski definition) is 6. The smallest absolute Gasteiger partial charge is 0.240 e. The summed E-state index contributed by atoms with van der Waals surface area (Å²) in [7, 11) is -3.54. The molecule has 0 saturated carbocycles. The summed E-state index contributed by atoms with van der Waals surface area (Å²) in [4.78, 5) is 9.03. The number of hydrogen-bond donors (Lipinski definition) is 2. The van der Waals surface area contributed by atoms with Crippen LogP contribution in [0.25, 0.3) is 5.82 Å². The van der Waals surface area contributed by atoms with Crippen molar-refractivity contribution in [1.82, 2.24) is 24.5 Å². The van der Waals surface area contributed by atoms with Gasteiger partial charge >= 0.3 is 0 Å². The van der Waals surface area contributed by atoms with Crippen LogP contribution in [0.2, 0.25) is 0 Å². The van der Waals surface area contributed by atoms with Crippen molar-refractivity contribution < 1.29 is 8.42 Å². The van der Waals surface area contributed by atoms with Crippen LogP contribution < -0.4 is 10.0 Å². The van der Waals surface area contributed by atoms with Crippen LogP contribution in [0.3, 0.4) is 0 Å². The summed E-state index contributed by atoms with van der Waals surface area (Å²) >= 11 is 0. The number of rotatable bonds is 7. The minimum Gasteiger partial charge on any atom is -0.369 e. The molecule has 2 N–H and O–H groups in total. The second kappa shape index (κ2) is 8.30. The van der Waals surface area contributed by atoms with E-state index in [0.717, 1.165) is 24.8 Å². The van der Waals surface area contributed by atoms with Crippen LogP contribution in [-0.4, -0.2) is 41.3 Å². The molecule has 2 aromatic heterocycles. The highest BCUT2D eigenvalue weighted by Crippen LogP contribution is 2.24. The zero-order valence-electron chi connectivity index (χ0n) is 16.3. The first-order valence-electron chi connectivity index (χ1n) is 9.72. The quantitative estimate of drug-likeness (QED) is 0.577. The predicted octanol–water partition coefficient (Wildman–Crippen LogP) is 2.24. The molecule has 9 heteroatoms. The van der Waals surface area contributed by atoms with E-state index in [1.165, 1.54) is 12.0 Å². The normalized spacial score (nSPS) is 13.8. The SMILES string of the molecule is Cc1nc(NCCNS(=O)(=O)c2ccc3c(c2)CCCC3)cc(-n2cccn2)n1. The van der Waals surface area contributed by atoms with E-state index in [9.17, 15) is 8.42 Å². The molecular weight excluding hydrogens is 388 g/mol. The van der Waals surface area contributed by atoms with E-state index in [4.69, 9.17) is 0 Å². The van der Waals surface area contributed by atoms with Gasteiger partial charge in [-0.2, -0.15) is 5.10 Å². The van der Waals surface area contributed by atoms with Gasteiger partial charge in [0, 0.05) is 31.5 Å². The van der Waals surface area contributed by atoms with Gasteiger partial charge in [-0.1, -0.05) is 6.07 Å². The molecule has 0 bridgehead atoms. The number of anilines is 1. The van der Waals surface area contributed by atoms with Gasteiger partial charge in [0.15, 0.2) is 5.82 Å². The van der Waals surface area contributed by atoms with Crippen molar-refractivity contribution in [3.63, 3.8) is 0 Å². The van der Waals surface area contributed by atoms with Gasteiger partial charge in [-0.15, -0.1) is 0 Å². The Kier molecular flexibility index (Phi) is 5.59. The standard InChI is InChI=1S/C20H24N6O2S/c1-15-24-19(14-20(25-15)26-12-4-9-22-26)21-10-11-23-29(27,28)18-8-7-16-5-2-3-6-17(16)13-18/h4,7-9,12-14,23H,2-3,5-6,10-11H2,1H3,(H,21,24,25). The van der Waals surface area contributed by atoms with Crippen molar-refractivity contribution in [2.45, 2.75) is 37.5 Å². The average Bonchev–Trinajstić information content (AvgIpc) is 3.25. The Morgan fingerprint density at radius 2 is 1.90 bits per heavy atom. The maximum Gasteiger partial charge on any atom is 0.240 e. The Balaban J connectivity index is 1.37. The second-order valence-electron chi connectivity index (χ2n) is 7.07. The molecule has 0 aliphatic heterocycles. The Morgan fingerprint density at radius 1 is 1.07 bits per heavy atom. The number of aryl methyl sites for hydroxylation is 3. The number of aromatic nitrogens is 4. The molecule has 3 aromatic rings. The fourth-order valence-corrected chi connectivity index (χ4v) is 4.58. The molecule has 0 spiro atoms. The van der Waals surface area contributed by atoms with Gasteiger partial charge in [0.25, 0.3) is 0 Å². The Hall–Kier alpha value is -2.78. The van der Waals surface area contributed by atoms with E-state index in [2.05, 4.69) is 25.1 Å². The van der Waals surface area contributed by atoms with E-state index >= 15 is 0 Å². The van der Waals surface area contributed by atoms with Crippen molar-refractivity contribution in [1.29, 1.82) is 0 Å². The molecule has 1 aromatic carbocycles. The Labute approximate surface area is 170 Å². The molecule has 1 aliphatic rings. The largest absolute Gasteiger partial charge is 0.369 e. The molecular formula is C20H24N6O2S. The third kappa shape index (κ3) is 4.63. The van der Waals surface area contributed by atoms with Gasteiger partial charge in [-0.05, 0) is 61.9 Å². The number of fused-ring (bicyclic) bond motifs is 1. The lowest BCUT2D eigenvalue weighted by Gasteiger charge is -2.17. The molecule has 2 heterocycles. The molecule has 8 nitrogen and oxygen atoms in total. The first-order chi connectivity index (χ1) is 14.0. The zero-order chi connectivity index (χ0) is 20.3. The molecule has 0 amide bonds. The molecule has 152 valence electrons. The summed E-state index contributed by atoms with van der Waals surface area (Å²) < 4.78 is 29.5. The minimum absolute atomic E-state index is 0.250. The Morgan fingerprint density at radius 3 is 2.69 bits per heavy atom. The van der Waals surface area contributed by atoms with E-state index in [1.807, 2.05) is 18.2 Å². The number of nitrogens with zero attached hydrogens (tertiary/aromatic N) is 4. The van der Waals surface area contributed by atoms with E-state index in [0.29, 0.717) is 28.9 Å². The van der Waals surface area contributed by atoms with Gasteiger partial charge in [0.2, 0.25) is 10.0 Å². The van der Waals surface area contributed by atoms with Crippen LogP contribution in [0.15, 0.2) is 47.6 Å². The molecule has 0 atom stereocenters. The third-order valence-corrected chi connectivity index (χ3v) is 6.38. The monoisotopic (exact) mass is 412 g/mol. The lowest BCUT2D eigenvalue weighted by atomic mass is 9.92. The summed E-state index contributed by atoms with van der Waals surface area (Å²) in [6.07, 6.45) is 7.76. The van der Waals surface area contributed by atoms with Crippen molar-refractivity contribution in [3.05, 3.63) is 59.7 Å². The number of benzene rings is 1. The summed E-state index contributed by atoms with van der Waals surface area (Å²) in [6.45, 7) is 2.45. The average molecular weight is 413 g/mol. The molecule has 0 fully saturated rings. The highest BCUT2D eigenvalue weighted by Gasteiger charge is 2.17. The van der Waals surface area contributed by atoms with Gasteiger partial charge < -0.3 is 5.32 Å². The number of nitrogens with one attached hydrogen (secondary N) is 2. The van der Waals surface area contributed by atoms with Crippen LogP contribution in [-0.2, 0) is 22.9 Å². The molecule has 0 unspecified atom stereocenters. The Bertz CT molecular complexity index is 1100. The fourth-order valence-electron chi connectivity index (χ4n) is 3.50. The van der Waals surface area contributed by atoms with E-state index in [1.54, 1.807) is 36.1 Å². The van der Waals surface area contributed by atoms with Gasteiger partial charge in [-0.25, -0.2) is 27.8 Å². The van der Waals surface area contributed by atoms with Crippen LogP contribution in [0.5, 0.6) is 0 Å². The van der Waals surface area contributed by atoms with Crippen molar-refractivity contribution in [2.24, 2.45) is 0 Å². The topological polar surface area (TPSA) is 102 Å². The van der Waals surface area contributed by atoms with Gasteiger partial charge in [0.05, 0.1) is 4.90 Å². The first-order valence-corrected chi connectivity index (χ1v) is 11.2. The maximum atomic E-state index is 12.6. The molecule has 0 radical (unpaired) electrons. The van der Waals surface area contributed by atoms with Crippen LogP contribution in [0.1, 0.15) is 29.8 Å². The summed E-state index contributed by atoms with van der Waals surface area (Å²) in [6, 6.07) is 9.05. The minimum atomic E-state index is -3.54. The summed E-state index contributed by atoms with van der Waals surface area (Å²) in [5, 5.41) is 7.31. The van der Waals surface area contributed by atoms with Crippen molar-refractivity contribution in [3.8, 4) is 5.82 Å². The summed E-state index contributed by atoms with van der Waals surface area (Å²) in [5.74, 6) is 1.88. The maximum absolute atomic E-state index is 12.6. The van der Waals surface area contributed by atoms with E-state index < -0.39 is 10.0 Å². The molecule has 29 heavy (non-hydrogen) atoms.